The van der Waals surface area contributed by atoms with E-state index >= 15 is 0 Å². The van der Waals surface area contributed by atoms with Crippen molar-refractivity contribution in [2.45, 2.75) is 70.6 Å². The number of rotatable bonds is 3. The average molecular weight is 447 g/mol. The van der Waals surface area contributed by atoms with E-state index in [-0.39, 0.29) is 23.3 Å². The normalized spacial score (nSPS) is 29.1. The van der Waals surface area contributed by atoms with Crippen LogP contribution in [0, 0.1) is 12.3 Å². The van der Waals surface area contributed by atoms with Gasteiger partial charge in [-0.15, -0.1) is 0 Å². The van der Waals surface area contributed by atoms with E-state index in [0.717, 1.165) is 54.4 Å². The van der Waals surface area contributed by atoms with Crippen LogP contribution in [-0.4, -0.2) is 47.4 Å². The van der Waals surface area contributed by atoms with Crippen LogP contribution in [0.1, 0.15) is 56.2 Å². The highest BCUT2D eigenvalue weighted by Gasteiger charge is 2.64. The molecule has 1 unspecified atom stereocenters. The molecule has 0 saturated heterocycles. The van der Waals surface area contributed by atoms with E-state index in [1.165, 1.54) is 5.56 Å². The van der Waals surface area contributed by atoms with Gasteiger partial charge in [0, 0.05) is 36.5 Å². The van der Waals surface area contributed by atoms with E-state index < -0.39 is 5.54 Å². The first-order valence-corrected chi connectivity index (χ1v) is 12.0. The number of nitrogens with two attached hydrogens (primary N) is 1. The Morgan fingerprint density at radius 3 is 2.58 bits per heavy atom. The van der Waals surface area contributed by atoms with Crippen molar-refractivity contribution in [2.24, 2.45) is 16.1 Å². The molecule has 1 atom stereocenters. The second-order valence-electron chi connectivity index (χ2n) is 10.3. The van der Waals surface area contributed by atoms with Crippen LogP contribution in [-0.2, 0) is 21.5 Å². The van der Waals surface area contributed by atoms with Gasteiger partial charge in [-0.2, -0.15) is 0 Å². The van der Waals surface area contributed by atoms with Gasteiger partial charge in [-0.05, 0) is 87.3 Å². The summed E-state index contributed by atoms with van der Waals surface area (Å²) in [6.07, 6.45) is 8.55. The summed E-state index contributed by atoms with van der Waals surface area (Å²) in [5, 5.41) is 0. The Hall–Kier alpha value is -2.73. The zero-order valence-corrected chi connectivity index (χ0v) is 20.1. The second kappa shape index (κ2) is 7.94. The molecule has 1 aliphatic heterocycles. The number of ether oxygens (including phenoxy) is 1. The van der Waals surface area contributed by atoms with Gasteiger partial charge in [0.15, 0.2) is 17.3 Å². The molecular weight excluding hydrogens is 412 g/mol. The van der Waals surface area contributed by atoms with E-state index in [9.17, 15) is 4.79 Å². The quantitative estimate of drug-likeness (QED) is 0.771. The molecule has 0 amide bonds. The van der Waals surface area contributed by atoms with Crippen LogP contribution in [0.25, 0.3) is 11.1 Å². The van der Waals surface area contributed by atoms with Gasteiger partial charge in [0.05, 0.1) is 12.6 Å². The lowest BCUT2D eigenvalue weighted by Crippen LogP contribution is -2.60. The first kappa shape index (κ1) is 22.1. The van der Waals surface area contributed by atoms with Gasteiger partial charge in [0.25, 0.3) is 0 Å². The average Bonchev–Trinajstić information content (AvgIpc) is 3.05. The summed E-state index contributed by atoms with van der Waals surface area (Å²) in [4.78, 5) is 25.6. The van der Waals surface area contributed by atoms with Crippen molar-refractivity contribution in [3.05, 3.63) is 53.3 Å². The fourth-order valence-electron chi connectivity index (χ4n) is 6.38. The van der Waals surface area contributed by atoms with Crippen LogP contribution in [0.5, 0.6) is 0 Å². The molecule has 33 heavy (non-hydrogen) atoms. The van der Waals surface area contributed by atoms with Crippen LogP contribution in [0.4, 0.5) is 0 Å². The summed E-state index contributed by atoms with van der Waals surface area (Å²) in [6, 6.07) is 8.80. The number of aryl methyl sites for hydroxylation is 1. The molecule has 2 aliphatic carbocycles. The molecule has 1 aromatic carbocycles. The largest absolute Gasteiger partial charge is 0.381 e. The molecule has 1 fully saturated rings. The minimum Gasteiger partial charge on any atom is -0.381 e. The number of aromatic nitrogens is 1. The summed E-state index contributed by atoms with van der Waals surface area (Å²) in [5.41, 5.74) is 10.9. The number of fused-ring (bicyclic) bond motifs is 3. The molecule has 5 rings (SSSR count). The highest BCUT2D eigenvalue weighted by molar-refractivity contribution is 6.01. The predicted octanol–water partition coefficient (Wildman–Crippen LogP) is 3.99. The summed E-state index contributed by atoms with van der Waals surface area (Å²) < 4.78 is 5.67. The Morgan fingerprint density at radius 2 is 1.91 bits per heavy atom. The van der Waals surface area contributed by atoms with Gasteiger partial charge in [0.1, 0.15) is 0 Å². The van der Waals surface area contributed by atoms with Gasteiger partial charge in [-0.25, -0.2) is 4.99 Å². The van der Waals surface area contributed by atoms with Crippen molar-refractivity contribution in [1.29, 1.82) is 0 Å². The summed E-state index contributed by atoms with van der Waals surface area (Å²) in [6.45, 7) is 6.46. The highest BCUT2D eigenvalue weighted by Crippen LogP contribution is 2.61. The minimum absolute atomic E-state index is 0.126. The SMILES string of the molecule is COC1CCC2(CC1)Cc1ccc(-c3cncc(C)c3)cc1C21N=C(N)N(C(C)C)CC1=O. The number of pyridine rings is 1. The van der Waals surface area contributed by atoms with Crippen molar-refractivity contribution < 1.29 is 9.53 Å². The van der Waals surface area contributed by atoms with E-state index in [0.29, 0.717) is 12.5 Å². The Morgan fingerprint density at radius 1 is 1.15 bits per heavy atom. The van der Waals surface area contributed by atoms with Gasteiger partial charge < -0.3 is 15.4 Å². The maximum atomic E-state index is 14.1. The molecule has 0 radical (unpaired) electrons. The summed E-state index contributed by atoms with van der Waals surface area (Å²) in [7, 11) is 1.78. The number of methoxy groups -OCH3 is 1. The van der Waals surface area contributed by atoms with Crippen LogP contribution in [0.3, 0.4) is 0 Å². The molecule has 2 aromatic rings. The van der Waals surface area contributed by atoms with Crippen molar-refractivity contribution >= 4 is 11.7 Å². The van der Waals surface area contributed by atoms with E-state index in [4.69, 9.17) is 15.5 Å². The Bertz CT molecular complexity index is 1120. The highest BCUT2D eigenvalue weighted by atomic mass is 16.5. The summed E-state index contributed by atoms with van der Waals surface area (Å²) >= 11 is 0. The number of hydrogen-bond acceptors (Lipinski definition) is 6. The number of guanidine groups is 1. The molecule has 2 spiro atoms. The number of benzene rings is 1. The molecular formula is C27H34N4O2. The topological polar surface area (TPSA) is 80.8 Å². The number of ketones is 1. The Kier molecular flexibility index (Phi) is 5.31. The van der Waals surface area contributed by atoms with Crippen LogP contribution >= 0.6 is 0 Å². The van der Waals surface area contributed by atoms with Gasteiger partial charge in [0.2, 0.25) is 0 Å². The number of aliphatic imine (C=N–C) groups is 1. The van der Waals surface area contributed by atoms with Crippen LogP contribution in [0.15, 0.2) is 41.7 Å². The van der Waals surface area contributed by atoms with Gasteiger partial charge >= 0.3 is 0 Å². The smallest absolute Gasteiger partial charge is 0.193 e. The Labute approximate surface area is 196 Å². The maximum Gasteiger partial charge on any atom is 0.193 e. The number of carbonyl (C=O) groups excluding carboxylic acids is 1. The van der Waals surface area contributed by atoms with E-state index in [1.807, 2.05) is 24.2 Å². The first-order chi connectivity index (χ1) is 15.8. The number of hydrogen-bond donors (Lipinski definition) is 1. The molecule has 2 heterocycles. The third kappa shape index (κ3) is 3.30. The lowest BCUT2D eigenvalue weighted by molar-refractivity contribution is -0.133. The first-order valence-electron chi connectivity index (χ1n) is 12.0. The van der Waals surface area contributed by atoms with Crippen LogP contribution in [0.2, 0.25) is 0 Å². The molecule has 2 N–H and O–H groups in total. The monoisotopic (exact) mass is 446 g/mol. The predicted molar refractivity (Wildman–Crippen MR) is 130 cm³/mol. The molecule has 6 heteroatoms. The van der Waals surface area contributed by atoms with Crippen molar-refractivity contribution in [2.75, 3.05) is 13.7 Å². The molecule has 174 valence electrons. The molecule has 6 nitrogen and oxygen atoms in total. The lowest BCUT2D eigenvalue weighted by atomic mass is 9.59. The number of Topliss-reactive ketones (excluding diaryl/α,β-unsaturated/α-hetero) is 1. The van der Waals surface area contributed by atoms with Crippen molar-refractivity contribution in [3.63, 3.8) is 0 Å². The van der Waals surface area contributed by atoms with E-state index in [1.54, 1.807) is 7.11 Å². The second-order valence-corrected chi connectivity index (χ2v) is 10.3. The lowest BCUT2D eigenvalue weighted by Gasteiger charge is -2.50. The fraction of sp³-hybridized carbons (Fsp3) is 0.519. The molecule has 1 aromatic heterocycles. The molecule has 3 aliphatic rings. The standard InChI is InChI=1S/C27H34N4O2/c1-17(2)31-16-24(32)27(30-25(31)28)23-12-19(21-11-18(3)14-29-15-21)5-6-20(23)13-26(27)9-7-22(33-4)8-10-26/h5-6,11-12,14-15,17,22H,7-10,13,16H2,1-4H3,(H2,28,30). The molecule has 0 bridgehead atoms. The van der Waals surface area contributed by atoms with Crippen molar-refractivity contribution in [3.8, 4) is 11.1 Å². The van der Waals surface area contributed by atoms with Crippen molar-refractivity contribution in [1.82, 2.24) is 9.88 Å². The summed E-state index contributed by atoms with van der Waals surface area (Å²) in [5.74, 6) is 0.646. The maximum absolute atomic E-state index is 14.1. The van der Waals surface area contributed by atoms with Gasteiger partial charge in [-0.3, -0.25) is 9.78 Å². The fourth-order valence-corrected chi connectivity index (χ4v) is 6.38. The van der Waals surface area contributed by atoms with Crippen LogP contribution < -0.4 is 5.73 Å². The third-order valence-electron chi connectivity index (χ3n) is 8.14. The minimum atomic E-state index is -0.927. The van der Waals surface area contributed by atoms with Gasteiger partial charge in [-0.1, -0.05) is 12.1 Å². The molecule has 1 saturated carbocycles. The van der Waals surface area contributed by atoms with E-state index in [2.05, 4.69) is 43.1 Å². The number of carbonyl (C=O) groups is 1. The zero-order chi connectivity index (χ0) is 23.4. The third-order valence-corrected chi connectivity index (χ3v) is 8.14. The number of nitrogens with zero attached hydrogens (tertiary/aromatic N) is 3. The zero-order valence-electron chi connectivity index (χ0n) is 20.1. The Balaban J connectivity index is 1.69.